The second-order valence-electron chi connectivity index (χ2n) is 12.0. The zero-order valence-electron chi connectivity index (χ0n) is 25.1. The molecular formula is C42H24N4O. The second kappa shape index (κ2) is 9.68. The first kappa shape index (κ1) is 25.7. The van der Waals surface area contributed by atoms with E-state index >= 15 is 0 Å². The Hall–Kier alpha value is -6.64. The highest BCUT2D eigenvalue weighted by atomic mass is 16.3. The standard InChI is InChI=1S/C42H24N4O/c43-24-26-10-17-37-35(20-26)36-23-31(15-18-38(36)46(37)33-6-2-1-3-7-33)29-12-11-28-22-30(14-13-27(28)21-29)32-16-19-40-44-41-34-8-4-5-9-39(34)47-42(41)45(40)25-32/h1-23,25H. The zero-order valence-corrected chi connectivity index (χ0v) is 25.1. The molecule has 10 rings (SSSR count). The van der Waals surface area contributed by atoms with Crippen LogP contribution in [0.2, 0.25) is 0 Å². The van der Waals surface area contributed by atoms with Crippen molar-refractivity contribution in [3.05, 3.63) is 151 Å². The van der Waals surface area contributed by atoms with Crippen molar-refractivity contribution in [3.63, 3.8) is 0 Å². The fraction of sp³-hybridized carbons (Fsp3) is 0. The Labute approximate surface area is 268 Å². The second-order valence-corrected chi connectivity index (χ2v) is 12.0. The molecule has 0 saturated carbocycles. The summed E-state index contributed by atoms with van der Waals surface area (Å²) in [6.07, 6.45) is 2.11. The first-order valence-electron chi connectivity index (χ1n) is 15.6. The summed E-state index contributed by atoms with van der Waals surface area (Å²) < 4.78 is 10.5. The lowest BCUT2D eigenvalue weighted by Crippen LogP contribution is -1.93. The maximum absolute atomic E-state index is 9.66. The molecule has 0 fully saturated rings. The summed E-state index contributed by atoms with van der Waals surface area (Å²) in [4.78, 5) is 4.84. The number of hydrogen-bond acceptors (Lipinski definition) is 3. The number of nitrogens with zero attached hydrogens (tertiary/aromatic N) is 4. The number of hydrogen-bond donors (Lipinski definition) is 0. The summed E-state index contributed by atoms with van der Waals surface area (Å²) >= 11 is 0. The third kappa shape index (κ3) is 3.86. The van der Waals surface area contributed by atoms with Crippen LogP contribution < -0.4 is 0 Å². The molecule has 47 heavy (non-hydrogen) atoms. The molecule has 0 radical (unpaired) electrons. The van der Waals surface area contributed by atoms with E-state index < -0.39 is 0 Å². The Morgan fingerprint density at radius 1 is 0.574 bits per heavy atom. The van der Waals surface area contributed by atoms with Crippen LogP contribution in [-0.2, 0) is 0 Å². The molecule has 218 valence electrons. The minimum Gasteiger partial charge on any atom is -0.437 e. The van der Waals surface area contributed by atoms with Crippen LogP contribution in [0.3, 0.4) is 0 Å². The van der Waals surface area contributed by atoms with Crippen molar-refractivity contribution in [3.8, 4) is 34.0 Å². The number of nitriles is 1. The van der Waals surface area contributed by atoms with E-state index in [1.165, 1.54) is 10.8 Å². The van der Waals surface area contributed by atoms with Crippen LogP contribution in [0.1, 0.15) is 5.56 Å². The molecule has 0 N–H and O–H groups in total. The van der Waals surface area contributed by atoms with Crippen LogP contribution in [0, 0.1) is 11.3 Å². The maximum Gasteiger partial charge on any atom is 0.232 e. The van der Waals surface area contributed by atoms with E-state index in [2.05, 4.69) is 120 Å². The molecule has 5 nitrogen and oxygen atoms in total. The number of aromatic nitrogens is 3. The minimum atomic E-state index is 0.658. The van der Waals surface area contributed by atoms with Crippen LogP contribution in [0.15, 0.2) is 150 Å². The third-order valence-corrected chi connectivity index (χ3v) is 9.34. The first-order chi connectivity index (χ1) is 23.2. The monoisotopic (exact) mass is 600 g/mol. The number of imidazole rings is 1. The number of para-hydroxylation sites is 2. The molecule has 4 heterocycles. The number of benzene rings is 6. The summed E-state index contributed by atoms with van der Waals surface area (Å²) in [5, 5.41) is 15.2. The summed E-state index contributed by atoms with van der Waals surface area (Å²) in [6, 6.07) is 50.8. The smallest absolute Gasteiger partial charge is 0.232 e. The molecule has 5 heteroatoms. The van der Waals surface area contributed by atoms with Gasteiger partial charge >= 0.3 is 0 Å². The van der Waals surface area contributed by atoms with E-state index in [0.717, 1.165) is 77.6 Å². The Morgan fingerprint density at radius 2 is 1.23 bits per heavy atom. The van der Waals surface area contributed by atoms with E-state index in [9.17, 15) is 5.26 Å². The quantitative estimate of drug-likeness (QED) is 0.203. The largest absolute Gasteiger partial charge is 0.437 e. The van der Waals surface area contributed by atoms with Crippen LogP contribution >= 0.6 is 0 Å². The summed E-state index contributed by atoms with van der Waals surface area (Å²) in [5.41, 5.74) is 11.8. The predicted molar refractivity (Wildman–Crippen MR) is 190 cm³/mol. The molecule has 6 aromatic carbocycles. The molecule has 0 aliphatic carbocycles. The average molecular weight is 601 g/mol. The Kier molecular flexibility index (Phi) is 5.28. The van der Waals surface area contributed by atoms with Gasteiger partial charge in [-0.2, -0.15) is 5.26 Å². The zero-order chi connectivity index (χ0) is 31.1. The summed E-state index contributed by atoms with van der Waals surface area (Å²) in [7, 11) is 0. The average Bonchev–Trinajstić information content (AvgIpc) is 3.78. The molecule has 0 aliphatic heterocycles. The topological polar surface area (TPSA) is 59.2 Å². The van der Waals surface area contributed by atoms with E-state index in [-0.39, 0.29) is 0 Å². The van der Waals surface area contributed by atoms with Gasteiger partial charge in [-0.1, -0.05) is 60.7 Å². The van der Waals surface area contributed by atoms with E-state index in [1.54, 1.807) is 0 Å². The van der Waals surface area contributed by atoms with E-state index in [0.29, 0.717) is 5.56 Å². The van der Waals surface area contributed by atoms with Crippen LogP contribution in [0.5, 0.6) is 0 Å². The lowest BCUT2D eigenvalue weighted by molar-refractivity contribution is 0.649. The van der Waals surface area contributed by atoms with Gasteiger partial charge in [-0.3, -0.25) is 4.40 Å². The van der Waals surface area contributed by atoms with Crippen molar-refractivity contribution < 1.29 is 4.42 Å². The van der Waals surface area contributed by atoms with E-state index in [1.807, 2.05) is 40.8 Å². The SMILES string of the molecule is N#Cc1ccc2c(c1)c1cc(-c3ccc4cc(-c5ccc6nc7c8ccccc8oc7n6c5)ccc4c3)ccc1n2-c1ccccc1. The molecule has 0 bridgehead atoms. The molecule has 0 spiro atoms. The maximum atomic E-state index is 9.66. The molecule has 0 unspecified atom stereocenters. The van der Waals surface area contributed by atoms with Gasteiger partial charge in [0.05, 0.1) is 22.7 Å². The number of furan rings is 1. The van der Waals surface area contributed by atoms with Crippen molar-refractivity contribution in [2.75, 3.05) is 0 Å². The first-order valence-corrected chi connectivity index (χ1v) is 15.6. The van der Waals surface area contributed by atoms with Gasteiger partial charge in [0.2, 0.25) is 5.71 Å². The van der Waals surface area contributed by atoms with Crippen molar-refractivity contribution in [2.45, 2.75) is 0 Å². The lowest BCUT2D eigenvalue weighted by Gasteiger charge is -2.09. The van der Waals surface area contributed by atoms with Gasteiger partial charge < -0.3 is 8.98 Å². The Balaban J connectivity index is 1.06. The number of fused-ring (bicyclic) bond motifs is 9. The normalized spacial score (nSPS) is 11.8. The molecule has 0 atom stereocenters. The fourth-order valence-electron chi connectivity index (χ4n) is 7.05. The van der Waals surface area contributed by atoms with Gasteiger partial charge in [-0.05, 0) is 112 Å². The lowest BCUT2D eigenvalue weighted by atomic mass is 9.97. The van der Waals surface area contributed by atoms with Crippen molar-refractivity contribution in [1.82, 2.24) is 14.0 Å². The molecule has 0 saturated heterocycles. The van der Waals surface area contributed by atoms with Crippen LogP contribution in [0.4, 0.5) is 0 Å². The van der Waals surface area contributed by atoms with E-state index in [4.69, 9.17) is 9.40 Å². The van der Waals surface area contributed by atoms with Gasteiger partial charge in [0.1, 0.15) is 16.7 Å². The fourth-order valence-corrected chi connectivity index (χ4v) is 7.05. The van der Waals surface area contributed by atoms with Gasteiger partial charge in [-0.25, -0.2) is 4.98 Å². The van der Waals surface area contributed by atoms with Crippen LogP contribution in [-0.4, -0.2) is 14.0 Å². The Morgan fingerprint density at radius 3 is 2.04 bits per heavy atom. The molecular weight excluding hydrogens is 576 g/mol. The molecule has 4 aromatic heterocycles. The highest BCUT2D eigenvalue weighted by Crippen LogP contribution is 2.37. The molecule has 10 aromatic rings. The van der Waals surface area contributed by atoms with Crippen LogP contribution in [0.25, 0.3) is 88.4 Å². The van der Waals surface area contributed by atoms with Gasteiger partial charge in [0, 0.05) is 28.0 Å². The molecule has 0 amide bonds. The Bertz CT molecular complexity index is 2920. The van der Waals surface area contributed by atoms with Crippen molar-refractivity contribution >= 4 is 60.4 Å². The number of rotatable bonds is 3. The molecule has 0 aliphatic rings. The van der Waals surface area contributed by atoms with Crippen molar-refractivity contribution in [1.29, 1.82) is 5.26 Å². The van der Waals surface area contributed by atoms with Gasteiger partial charge in [0.25, 0.3) is 0 Å². The van der Waals surface area contributed by atoms with Gasteiger partial charge in [-0.15, -0.1) is 0 Å². The third-order valence-electron chi connectivity index (χ3n) is 9.34. The highest BCUT2D eigenvalue weighted by molar-refractivity contribution is 6.11. The summed E-state index contributed by atoms with van der Waals surface area (Å²) in [5.74, 6) is 0. The highest BCUT2D eigenvalue weighted by Gasteiger charge is 2.16. The summed E-state index contributed by atoms with van der Waals surface area (Å²) in [6.45, 7) is 0. The minimum absolute atomic E-state index is 0.658. The van der Waals surface area contributed by atoms with Gasteiger partial charge in [0.15, 0.2) is 0 Å². The van der Waals surface area contributed by atoms with Crippen molar-refractivity contribution in [2.24, 2.45) is 0 Å². The predicted octanol–water partition coefficient (Wildman–Crippen LogP) is 10.7. The number of pyridine rings is 1.